The molecule has 0 atom stereocenters. The average Bonchev–Trinajstić information content (AvgIpc) is 2.20. The van der Waals surface area contributed by atoms with E-state index in [2.05, 4.69) is 44.9 Å². The zero-order valence-electron chi connectivity index (χ0n) is 12.0. The van der Waals surface area contributed by atoms with Gasteiger partial charge in [-0.05, 0) is 45.7 Å². The van der Waals surface area contributed by atoms with E-state index >= 15 is 0 Å². The molecule has 0 bridgehead atoms. The first-order chi connectivity index (χ1) is 7.52. The van der Waals surface area contributed by atoms with Crippen LogP contribution >= 0.6 is 0 Å². The van der Waals surface area contributed by atoms with Crippen LogP contribution < -0.4 is 5.32 Å². The highest BCUT2D eigenvalue weighted by Crippen LogP contribution is 2.19. The summed E-state index contributed by atoms with van der Waals surface area (Å²) in [5.74, 6) is 0. The van der Waals surface area contributed by atoms with Crippen molar-refractivity contribution in [3.05, 3.63) is 11.3 Å². The molecule has 0 unspecified atom stereocenters. The molecule has 0 aliphatic heterocycles. The van der Waals surface area contributed by atoms with Gasteiger partial charge in [-0.25, -0.2) is 0 Å². The maximum absolute atomic E-state index is 3.51. The molecule has 0 aliphatic rings. The number of rotatable bonds is 9. The number of unbranched alkanes of at least 4 members (excludes halogenated alkanes) is 2. The van der Waals surface area contributed by atoms with Crippen LogP contribution in [-0.2, 0) is 0 Å². The van der Waals surface area contributed by atoms with E-state index in [4.69, 9.17) is 0 Å². The molecule has 1 N–H and O–H groups in total. The van der Waals surface area contributed by atoms with Gasteiger partial charge in [-0.15, -0.1) is 0 Å². The Morgan fingerprint density at radius 2 is 1.69 bits per heavy atom. The van der Waals surface area contributed by atoms with Crippen LogP contribution in [0.3, 0.4) is 0 Å². The van der Waals surface area contributed by atoms with Gasteiger partial charge in [0.1, 0.15) is 0 Å². The first-order valence-corrected chi connectivity index (χ1v) is 10.4. The highest BCUT2D eigenvalue weighted by molar-refractivity contribution is 6.83. The maximum Gasteiger partial charge on any atom is 0.0720 e. The van der Waals surface area contributed by atoms with Gasteiger partial charge in [0.2, 0.25) is 0 Å². The van der Waals surface area contributed by atoms with Gasteiger partial charge in [0.15, 0.2) is 0 Å². The molecule has 0 heterocycles. The van der Waals surface area contributed by atoms with E-state index in [1.807, 2.05) is 0 Å². The van der Waals surface area contributed by atoms with Gasteiger partial charge >= 0.3 is 0 Å². The minimum atomic E-state index is -1.03. The Hall–Kier alpha value is -0.0831. The summed E-state index contributed by atoms with van der Waals surface area (Å²) in [5, 5.41) is 5.25. The highest BCUT2D eigenvalue weighted by atomic mass is 28.3. The quantitative estimate of drug-likeness (QED) is 0.467. The molecule has 0 amide bonds. The van der Waals surface area contributed by atoms with Crippen molar-refractivity contribution in [1.29, 1.82) is 0 Å². The lowest BCUT2D eigenvalue weighted by atomic mass is 10.2. The number of hydrogen-bond donors (Lipinski definition) is 1. The predicted molar refractivity (Wildman–Crippen MR) is 78.7 cm³/mol. The second-order valence-electron chi connectivity index (χ2n) is 5.62. The lowest BCUT2D eigenvalue weighted by Gasteiger charge is -2.20. The van der Waals surface area contributed by atoms with E-state index in [-0.39, 0.29) is 0 Å². The van der Waals surface area contributed by atoms with Crippen LogP contribution in [0.15, 0.2) is 11.3 Å². The Balaban J connectivity index is 3.51. The Labute approximate surface area is 104 Å². The second kappa shape index (κ2) is 9.00. The van der Waals surface area contributed by atoms with Crippen molar-refractivity contribution in [2.45, 2.75) is 65.6 Å². The van der Waals surface area contributed by atoms with Gasteiger partial charge in [-0.2, -0.15) is 0 Å². The van der Waals surface area contributed by atoms with Crippen LogP contribution in [0.2, 0.25) is 19.6 Å². The number of nitrogens with one attached hydrogen (secondary N) is 1. The summed E-state index contributed by atoms with van der Waals surface area (Å²) in [6.07, 6.45) is 8.97. The van der Waals surface area contributed by atoms with Gasteiger partial charge in [-0.1, -0.05) is 44.3 Å². The van der Waals surface area contributed by atoms with E-state index in [9.17, 15) is 0 Å². The van der Waals surface area contributed by atoms with Crippen LogP contribution in [0.4, 0.5) is 0 Å². The molecule has 0 rings (SSSR count). The van der Waals surface area contributed by atoms with Crippen molar-refractivity contribution < 1.29 is 0 Å². The minimum Gasteiger partial charge on any atom is -0.317 e. The van der Waals surface area contributed by atoms with Gasteiger partial charge in [0.05, 0.1) is 8.07 Å². The third kappa shape index (κ3) is 8.11. The Kier molecular flexibility index (Phi) is 8.95. The molecule has 96 valence electrons. The van der Waals surface area contributed by atoms with Crippen LogP contribution in [-0.4, -0.2) is 21.2 Å². The SMILES string of the molecule is CC=C(CCCCNCCCC)[Si](C)(C)C. The lowest BCUT2D eigenvalue weighted by Crippen LogP contribution is -2.24. The first-order valence-electron chi connectivity index (χ1n) is 6.88. The summed E-state index contributed by atoms with van der Waals surface area (Å²) in [4.78, 5) is 0. The topological polar surface area (TPSA) is 12.0 Å². The largest absolute Gasteiger partial charge is 0.317 e. The zero-order valence-corrected chi connectivity index (χ0v) is 13.0. The van der Waals surface area contributed by atoms with Crippen LogP contribution in [0.5, 0.6) is 0 Å². The van der Waals surface area contributed by atoms with Gasteiger partial charge < -0.3 is 5.32 Å². The fourth-order valence-electron chi connectivity index (χ4n) is 1.94. The van der Waals surface area contributed by atoms with Crippen molar-refractivity contribution in [3.8, 4) is 0 Å². The van der Waals surface area contributed by atoms with Crippen molar-refractivity contribution in [3.63, 3.8) is 0 Å². The summed E-state index contributed by atoms with van der Waals surface area (Å²) in [6.45, 7) is 14.2. The molecular formula is C14H31NSi. The molecule has 0 saturated carbocycles. The molecule has 0 aromatic heterocycles. The highest BCUT2D eigenvalue weighted by Gasteiger charge is 2.17. The van der Waals surface area contributed by atoms with Crippen LogP contribution in [0.25, 0.3) is 0 Å². The molecule has 0 aromatic rings. The fourth-order valence-corrected chi connectivity index (χ4v) is 3.74. The molecule has 0 spiro atoms. The average molecular weight is 241 g/mol. The fraction of sp³-hybridized carbons (Fsp3) is 0.857. The second-order valence-corrected chi connectivity index (χ2v) is 10.8. The molecule has 0 radical (unpaired) electrons. The summed E-state index contributed by atoms with van der Waals surface area (Å²) in [5.41, 5.74) is 0. The first kappa shape index (κ1) is 15.9. The molecule has 0 aliphatic carbocycles. The van der Waals surface area contributed by atoms with E-state index < -0.39 is 8.07 Å². The standard InChI is InChI=1S/C14H31NSi/c1-6-8-12-15-13-10-9-11-14(7-2)16(3,4)5/h7,15H,6,8-13H2,1-5H3. The van der Waals surface area contributed by atoms with Crippen molar-refractivity contribution in [2.24, 2.45) is 0 Å². The van der Waals surface area contributed by atoms with Gasteiger partial charge in [-0.3, -0.25) is 0 Å². The molecular weight excluding hydrogens is 210 g/mol. The molecule has 0 aromatic carbocycles. The van der Waals surface area contributed by atoms with E-state index in [1.165, 1.54) is 45.2 Å². The third-order valence-electron chi connectivity index (χ3n) is 3.07. The van der Waals surface area contributed by atoms with Crippen molar-refractivity contribution in [2.75, 3.05) is 13.1 Å². The Bertz CT molecular complexity index is 191. The van der Waals surface area contributed by atoms with E-state index in [1.54, 1.807) is 5.20 Å². The molecule has 0 saturated heterocycles. The molecule has 2 heteroatoms. The molecule has 1 nitrogen and oxygen atoms in total. The van der Waals surface area contributed by atoms with Crippen molar-refractivity contribution >= 4 is 8.07 Å². The van der Waals surface area contributed by atoms with Crippen LogP contribution in [0.1, 0.15) is 46.0 Å². The smallest absolute Gasteiger partial charge is 0.0720 e. The van der Waals surface area contributed by atoms with Gasteiger partial charge in [0.25, 0.3) is 0 Å². The Morgan fingerprint density at radius 3 is 2.19 bits per heavy atom. The number of allylic oxidation sites excluding steroid dienone is 2. The van der Waals surface area contributed by atoms with Gasteiger partial charge in [0, 0.05) is 0 Å². The monoisotopic (exact) mass is 241 g/mol. The zero-order chi connectivity index (χ0) is 12.4. The third-order valence-corrected chi connectivity index (χ3v) is 5.53. The minimum absolute atomic E-state index is 1.03. The van der Waals surface area contributed by atoms with Crippen LogP contribution in [0, 0.1) is 0 Å². The van der Waals surface area contributed by atoms with E-state index in [0.717, 1.165) is 0 Å². The number of hydrogen-bond acceptors (Lipinski definition) is 1. The summed E-state index contributed by atoms with van der Waals surface area (Å²) in [6, 6.07) is 0. The summed E-state index contributed by atoms with van der Waals surface area (Å²) in [7, 11) is -1.03. The Morgan fingerprint density at radius 1 is 1.06 bits per heavy atom. The molecule has 0 fully saturated rings. The summed E-state index contributed by atoms with van der Waals surface area (Å²) < 4.78 is 0. The normalized spacial score (nSPS) is 13.2. The van der Waals surface area contributed by atoms with Crippen molar-refractivity contribution in [1.82, 2.24) is 5.32 Å². The maximum atomic E-state index is 3.51. The predicted octanol–water partition coefficient (Wildman–Crippen LogP) is 4.37. The summed E-state index contributed by atoms with van der Waals surface area (Å²) >= 11 is 0. The molecule has 16 heavy (non-hydrogen) atoms. The lowest BCUT2D eigenvalue weighted by molar-refractivity contribution is 0.600. The van der Waals surface area contributed by atoms with E-state index in [0.29, 0.717) is 0 Å².